The molecule has 0 heterocycles. The molecule has 70 valence electrons. The van der Waals surface area contributed by atoms with E-state index in [-0.39, 0.29) is 12.2 Å². The Hall–Kier alpha value is -1.16. The maximum Gasteiger partial charge on any atom is 0.307 e. The lowest BCUT2D eigenvalue weighted by molar-refractivity contribution is -0.136. The average molecular weight is 198 g/mol. The molecule has 0 spiro atoms. The molecular formula is C9H10O3S. The van der Waals surface area contributed by atoms with E-state index >= 15 is 0 Å². The third-order valence-corrected chi connectivity index (χ3v) is 2.35. The summed E-state index contributed by atoms with van der Waals surface area (Å²) < 4.78 is 0. The molecule has 3 nitrogen and oxygen atoms in total. The van der Waals surface area contributed by atoms with Crippen LogP contribution in [0.4, 0.5) is 0 Å². The molecule has 0 unspecified atom stereocenters. The van der Waals surface area contributed by atoms with Crippen LogP contribution in [0, 0.1) is 0 Å². The van der Waals surface area contributed by atoms with Gasteiger partial charge in [0.1, 0.15) is 5.75 Å². The first-order valence-electron chi connectivity index (χ1n) is 3.71. The summed E-state index contributed by atoms with van der Waals surface area (Å²) in [6.07, 6.45) is 1.76. The summed E-state index contributed by atoms with van der Waals surface area (Å²) in [5.41, 5.74) is 0.458. The zero-order chi connectivity index (χ0) is 9.84. The number of benzene rings is 1. The molecular weight excluding hydrogens is 188 g/mol. The molecule has 0 bridgehead atoms. The first kappa shape index (κ1) is 9.92. The summed E-state index contributed by atoms with van der Waals surface area (Å²) in [7, 11) is 0. The number of thioether (sulfide) groups is 1. The number of hydrogen-bond donors (Lipinski definition) is 2. The minimum Gasteiger partial charge on any atom is -0.508 e. The Morgan fingerprint density at radius 3 is 2.77 bits per heavy atom. The standard InChI is InChI=1S/C9H10O3S/c1-13-7-2-3-8(10)6(4-7)5-9(11)12/h2-4,10H,5H2,1H3,(H,11,12). The largest absolute Gasteiger partial charge is 0.508 e. The Bertz CT molecular complexity index is 323. The summed E-state index contributed by atoms with van der Waals surface area (Å²) in [6, 6.07) is 4.96. The quantitative estimate of drug-likeness (QED) is 0.726. The summed E-state index contributed by atoms with van der Waals surface area (Å²) in [6.45, 7) is 0. The zero-order valence-electron chi connectivity index (χ0n) is 7.15. The maximum absolute atomic E-state index is 10.4. The zero-order valence-corrected chi connectivity index (χ0v) is 7.97. The highest BCUT2D eigenvalue weighted by Gasteiger charge is 2.06. The first-order valence-corrected chi connectivity index (χ1v) is 4.93. The minimum absolute atomic E-state index is 0.0419. The number of rotatable bonds is 3. The Balaban J connectivity index is 2.96. The summed E-state index contributed by atoms with van der Waals surface area (Å²) in [5.74, 6) is -0.895. The lowest BCUT2D eigenvalue weighted by Gasteiger charge is -2.03. The van der Waals surface area contributed by atoms with Crippen molar-refractivity contribution >= 4 is 17.7 Å². The van der Waals surface area contributed by atoms with Gasteiger partial charge in [0.25, 0.3) is 0 Å². The molecule has 1 rings (SSSR count). The van der Waals surface area contributed by atoms with Gasteiger partial charge < -0.3 is 10.2 Å². The van der Waals surface area contributed by atoms with Crippen LogP contribution in [0.3, 0.4) is 0 Å². The molecule has 0 aromatic heterocycles. The van der Waals surface area contributed by atoms with Crippen LogP contribution in [0.1, 0.15) is 5.56 Å². The van der Waals surface area contributed by atoms with Crippen molar-refractivity contribution in [1.82, 2.24) is 0 Å². The molecule has 0 amide bonds. The molecule has 0 radical (unpaired) electrons. The van der Waals surface area contributed by atoms with Crippen molar-refractivity contribution < 1.29 is 15.0 Å². The van der Waals surface area contributed by atoms with E-state index in [1.807, 2.05) is 6.26 Å². The van der Waals surface area contributed by atoms with Gasteiger partial charge in [0.05, 0.1) is 6.42 Å². The molecule has 0 saturated heterocycles. The Kier molecular flexibility index (Phi) is 3.19. The highest BCUT2D eigenvalue weighted by Crippen LogP contribution is 2.23. The van der Waals surface area contributed by atoms with Crippen molar-refractivity contribution in [2.24, 2.45) is 0 Å². The van der Waals surface area contributed by atoms with E-state index in [9.17, 15) is 9.90 Å². The van der Waals surface area contributed by atoms with Crippen LogP contribution in [0.2, 0.25) is 0 Å². The van der Waals surface area contributed by atoms with Crippen molar-refractivity contribution in [3.8, 4) is 5.75 Å². The molecule has 0 aliphatic carbocycles. The Morgan fingerprint density at radius 2 is 2.23 bits per heavy atom. The molecule has 2 N–H and O–H groups in total. The maximum atomic E-state index is 10.4. The smallest absolute Gasteiger partial charge is 0.307 e. The van der Waals surface area contributed by atoms with Crippen LogP contribution in [-0.2, 0) is 11.2 Å². The number of carbonyl (C=O) groups is 1. The molecule has 1 aromatic carbocycles. The van der Waals surface area contributed by atoms with E-state index < -0.39 is 5.97 Å². The SMILES string of the molecule is CSc1ccc(O)c(CC(=O)O)c1. The van der Waals surface area contributed by atoms with E-state index in [0.717, 1.165) is 4.90 Å². The summed E-state index contributed by atoms with van der Waals surface area (Å²) in [5, 5.41) is 17.8. The van der Waals surface area contributed by atoms with E-state index in [2.05, 4.69) is 0 Å². The predicted molar refractivity (Wildman–Crippen MR) is 51.2 cm³/mol. The molecule has 0 fully saturated rings. The summed E-state index contributed by atoms with van der Waals surface area (Å²) in [4.78, 5) is 11.4. The summed E-state index contributed by atoms with van der Waals surface area (Å²) >= 11 is 1.51. The van der Waals surface area contributed by atoms with Crippen molar-refractivity contribution in [2.75, 3.05) is 6.26 Å². The second-order valence-corrected chi connectivity index (χ2v) is 3.44. The number of hydrogen-bond acceptors (Lipinski definition) is 3. The van der Waals surface area contributed by atoms with Gasteiger partial charge in [-0.15, -0.1) is 11.8 Å². The first-order chi connectivity index (χ1) is 6.13. The number of phenolic OH excluding ortho intramolecular Hbond substituents is 1. The van der Waals surface area contributed by atoms with Crippen molar-refractivity contribution in [3.63, 3.8) is 0 Å². The van der Waals surface area contributed by atoms with E-state index in [0.29, 0.717) is 5.56 Å². The molecule has 0 aliphatic heterocycles. The fourth-order valence-corrected chi connectivity index (χ4v) is 1.46. The monoisotopic (exact) mass is 198 g/mol. The van der Waals surface area contributed by atoms with Gasteiger partial charge in [-0.2, -0.15) is 0 Å². The van der Waals surface area contributed by atoms with Crippen LogP contribution in [0.25, 0.3) is 0 Å². The molecule has 13 heavy (non-hydrogen) atoms. The van der Waals surface area contributed by atoms with Gasteiger partial charge in [0.15, 0.2) is 0 Å². The van der Waals surface area contributed by atoms with Gasteiger partial charge in [-0.3, -0.25) is 4.79 Å². The van der Waals surface area contributed by atoms with Crippen LogP contribution < -0.4 is 0 Å². The Labute approximate surface area is 80.4 Å². The Morgan fingerprint density at radius 1 is 1.54 bits per heavy atom. The number of carboxylic acid groups (broad SMARTS) is 1. The fraction of sp³-hybridized carbons (Fsp3) is 0.222. The molecule has 4 heteroatoms. The van der Waals surface area contributed by atoms with Gasteiger partial charge in [0.2, 0.25) is 0 Å². The van der Waals surface area contributed by atoms with Gasteiger partial charge in [0, 0.05) is 10.5 Å². The van der Waals surface area contributed by atoms with Crippen LogP contribution >= 0.6 is 11.8 Å². The lowest BCUT2D eigenvalue weighted by atomic mass is 10.1. The number of aliphatic carboxylic acids is 1. The average Bonchev–Trinajstić information content (AvgIpc) is 2.08. The van der Waals surface area contributed by atoms with E-state index in [1.165, 1.54) is 17.8 Å². The van der Waals surface area contributed by atoms with Crippen LogP contribution in [-0.4, -0.2) is 22.4 Å². The van der Waals surface area contributed by atoms with Crippen molar-refractivity contribution in [3.05, 3.63) is 23.8 Å². The highest BCUT2D eigenvalue weighted by atomic mass is 32.2. The van der Waals surface area contributed by atoms with Gasteiger partial charge in [-0.25, -0.2) is 0 Å². The molecule has 0 saturated carbocycles. The predicted octanol–water partition coefficient (Wildman–Crippen LogP) is 1.74. The molecule has 0 aliphatic rings. The normalized spacial score (nSPS) is 9.92. The number of aromatic hydroxyl groups is 1. The van der Waals surface area contributed by atoms with Crippen LogP contribution in [0.15, 0.2) is 23.1 Å². The number of carboxylic acids is 1. The topological polar surface area (TPSA) is 57.5 Å². The van der Waals surface area contributed by atoms with Crippen molar-refractivity contribution in [1.29, 1.82) is 0 Å². The van der Waals surface area contributed by atoms with E-state index in [4.69, 9.17) is 5.11 Å². The highest BCUT2D eigenvalue weighted by molar-refractivity contribution is 7.98. The molecule has 1 aromatic rings. The number of phenols is 1. The lowest BCUT2D eigenvalue weighted by Crippen LogP contribution is -2.00. The third-order valence-electron chi connectivity index (χ3n) is 1.63. The fourth-order valence-electron chi connectivity index (χ4n) is 0.993. The second kappa shape index (κ2) is 4.18. The molecule has 0 atom stereocenters. The second-order valence-electron chi connectivity index (χ2n) is 2.57. The van der Waals surface area contributed by atoms with Crippen LogP contribution in [0.5, 0.6) is 5.75 Å². The van der Waals surface area contributed by atoms with Gasteiger partial charge in [-0.1, -0.05) is 0 Å². The van der Waals surface area contributed by atoms with Gasteiger partial charge >= 0.3 is 5.97 Å². The third kappa shape index (κ3) is 2.66. The van der Waals surface area contributed by atoms with Crippen molar-refractivity contribution in [2.45, 2.75) is 11.3 Å². The van der Waals surface area contributed by atoms with Gasteiger partial charge in [-0.05, 0) is 24.5 Å². The van der Waals surface area contributed by atoms with E-state index in [1.54, 1.807) is 12.1 Å². The minimum atomic E-state index is -0.937.